The number of benzene rings is 2. The lowest BCUT2D eigenvalue weighted by molar-refractivity contribution is -0.116. The third-order valence-corrected chi connectivity index (χ3v) is 4.66. The van der Waals surface area contributed by atoms with E-state index in [2.05, 4.69) is 20.6 Å². The smallest absolute Gasteiger partial charge is 0.224 e. The fourth-order valence-corrected chi connectivity index (χ4v) is 3.08. The molecule has 4 aromatic rings. The second-order valence-electron chi connectivity index (χ2n) is 6.71. The molecule has 29 heavy (non-hydrogen) atoms. The van der Waals surface area contributed by atoms with E-state index in [1.165, 1.54) is 0 Å². The molecule has 1 N–H and O–H groups in total. The Bertz CT molecular complexity index is 1150. The lowest BCUT2D eigenvalue weighted by Gasteiger charge is -2.08. The Kier molecular flexibility index (Phi) is 5.20. The van der Waals surface area contributed by atoms with Crippen LogP contribution in [0.1, 0.15) is 17.8 Å². The molecule has 2 aromatic carbocycles. The van der Waals surface area contributed by atoms with E-state index in [1.807, 2.05) is 67.6 Å². The summed E-state index contributed by atoms with van der Waals surface area (Å²) < 4.78 is 6.86. The summed E-state index contributed by atoms with van der Waals surface area (Å²) in [5.74, 6) is 1.50. The molecule has 0 atom stereocenters. The van der Waals surface area contributed by atoms with Gasteiger partial charge in [0.25, 0.3) is 0 Å². The number of anilines is 1. The molecule has 2 aromatic heterocycles. The first kappa shape index (κ1) is 18.6. The van der Waals surface area contributed by atoms with Crippen LogP contribution in [0.4, 0.5) is 5.69 Å². The van der Waals surface area contributed by atoms with Crippen molar-refractivity contribution in [3.05, 3.63) is 72.1 Å². The summed E-state index contributed by atoms with van der Waals surface area (Å²) in [7, 11) is 1.64. The summed E-state index contributed by atoms with van der Waals surface area (Å²) in [4.78, 5) is 12.4. The maximum atomic E-state index is 12.4. The van der Waals surface area contributed by atoms with E-state index < -0.39 is 0 Å². The molecule has 0 aliphatic carbocycles. The minimum atomic E-state index is -0.0315. The monoisotopic (exact) mass is 387 g/mol. The predicted molar refractivity (Wildman–Crippen MR) is 111 cm³/mol. The van der Waals surface area contributed by atoms with Crippen LogP contribution in [0.15, 0.2) is 60.7 Å². The Labute approximate surface area is 168 Å². The summed E-state index contributed by atoms with van der Waals surface area (Å²) in [6, 6.07) is 19.2. The van der Waals surface area contributed by atoms with Crippen LogP contribution in [0.5, 0.6) is 5.75 Å². The van der Waals surface area contributed by atoms with E-state index in [0.717, 1.165) is 34.1 Å². The van der Waals surface area contributed by atoms with Crippen molar-refractivity contribution in [1.29, 1.82) is 0 Å². The lowest BCUT2D eigenvalue weighted by atomic mass is 10.1. The number of rotatable bonds is 6. The second-order valence-corrected chi connectivity index (χ2v) is 6.71. The number of aromatic nitrogens is 4. The molecule has 0 aliphatic heterocycles. The van der Waals surface area contributed by atoms with Crippen molar-refractivity contribution in [2.24, 2.45) is 0 Å². The standard InChI is InChI=1S/C22H21N5O2/c1-15-24-25-21-12-11-20(26-27(15)21)17-4-3-5-18(14-17)23-22(28)13-8-16-6-9-19(29-2)10-7-16/h3-7,9-12,14H,8,13H2,1-2H3,(H,23,28). The average Bonchev–Trinajstić information content (AvgIpc) is 3.13. The van der Waals surface area contributed by atoms with Crippen LogP contribution in [-0.4, -0.2) is 32.8 Å². The molecule has 0 fully saturated rings. The number of amides is 1. The van der Waals surface area contributed by atoms with Crippen molar-refractivity contribution in [2.75, 3.05) is 12.4 Å². The third kappa shape index (κ3) is 4.24. The van der Waals surface area contributed by atoms with Gasteiger partial charge >= 0.3 is 0 Å². The summed E-state index contributed by atoms with van der Waals surface area (Å²) in [6.07, 6.45) is 1.07. The minimum absolute atomic E-state index is 0.0315. The van der Waals surface area contributed by atoms with Crippen molar-refractivity contribution in [3.63, 3.8) is 0 Å². The zero-order valence-electron chi connectivity index (χ0n) is 16.3. The highest BCUT2D eigenvalue weighted by Crippen LogP contribution is 2.21. The highest BCUT2D eigenvalue weighted by molar-refractivity contribution is 5.91. The van der Waals surface area contributed by atoms with Crippen molar-refractivity contribution in [1.82, 2.24) is 19.8 Å². The van der Waals surface area contributed by atoms with Gasteiger partial charge in [0.15, 0.2) is 11.5 Å². The Morgan fingerprint density at radius 3 is 2.69 bits per heavy atom. The number of carbonyl (C=O) groups excluding carboxylic acids is 1. The minimum Gasteiger partial charge on any atom is -0.497 e. The third-order valence-electron chi connectivity index (χ3n) is 4.66. The van der Waals surface area contributed by atoms with Crippen molar-refractivity contribution in [2.45, 2.75) is 19.8 Å². The molecule has 7 nitrogen and oxygen atoms in total. The van der Waals surface area contributed by atoms with E-state index in [4.69, 9.17) is 4.74 Å². The topological polar surface area (TPSA) is 81.4 Å². The van der Waals surface area contributed by atoms with Gasteiger partial charge in [-0.05, 0) is 55.3 Å². The van der Waals surface area contributed by atoms with Crippen molar-refractivity contribution < 1.29 is 9.53 Å². The van der Waals surface area contributed by atoms with Gasteiger partial charge in [-0.25, -0.2) is 0 Å². The first-order chi connectivity index (χ1) is 14.1. The maximum Gasteiger partial charge on any atom is 0.224 e. The highest BCUT2D eigenvalue weighted by atomic mass is 16.5. The highest BCUT2D eigenvalue weighted by Gasteiger charge is 2.08. The SMILES string of the molecule is COc1ccc(CCC(=O)Nc2cccc(-c3ccc4nnc(C)n4n3)c2)cc1. The molecule has 0 radical (unpaired) electrons. The van der Waals surface area contributed by atoms with Gasteiger partial charge < -0.3 is 10.1 Å². The summed E-state index contributed by atoms with van der Waals surface area (Å²) in [6.45, 7) is 1.86. The molecular weight excluding hydrogens is 366 g/mol. The summed E-state index contributed by atoms with van der Waals surface area (Å²) in [5, 5.41) is 15.6. The number of hydrogen-bond donors (Lipinski definition) is 1. The van der Waals surface area contributed by atoms with Crippen LogP contribution in [0, 0.1) is 6.92 Å². The second kappa shape index (κ2) is 8.10. The van der Waals surface area contributed by atoms with Crippen LogP contribution in [-0.2, 0) is 11.2 Å². The number of nitrogens with one attached hydrogen (secondary N) is 1. The molecule has 0 saturated carbocycles. The summed E-state index contributed by atoms with van der Waals surface area (Å²) >= 11 is 0. The van der Waals surface area contributed by atoms with Gasteiger partial charge in [-0.3, -0.25) is 4.79 Å². The molecule has 146 valence electrons. The number of hydrogen-bond acceptors (Lipinski definition) is 5. The Hall–Kier alpha value is -3.74. The lowest BCUT2D eigenvalue weighted by Crippen LogP contribution is -2.12. The molecule has 7 heteroatoms. The Balaban J connectivity index is 1.43. The van der Waals surface area contributed by atoms with Crippen LogP contribution < -0.4 is 10.1 Å². The summed E-state index contributed by atoms with van der Waals surface area (Å²) in [5.41, 5.74) is 4.23. The number of nitrogens with zero attached hydrogens (tertiary/aromatic N) is 4. The average molecular weight is 387 g/mol. The molecule has 0 unspecified atom stereocenters. The maximum absolute atomic E-state index is 12.4. The van der Waals surface area contributed by atoms with E-state index in [9.17, 15) is 4.79 Å². The number of methoxy groups -OCH3 is 1. The first-order valence-electron chi connectivity index (χ1n) is 9.35. The van der Waals surface area contributed by atoms with Crippen LogP contribution in [0.2, 0.25) is 0 Å². The molecular formula is C22H21N5O2. The molecule has 1 amide bonds. The van der Waals surface area contributed by atoms with E-state index in [1.54, 1.807) is 11.6 Å². The van der Waals surface area contributed by atoms with Gasteiger partial charge in [0.05, 0.1) is 12.8 Å². The first-order valence-corrected chi connectivity index (χ1v) is 9.35. The molecule has 2 heterocycles. The molecule has 0 bridgehead atoms. The molecule has 0 aliphatic rings. The van der Waals surface area contributed by atoms with Crippen molar-refractivity contribution in [3.8, 4) is 17.0 Å². The number of ether oxygens (including phenoxy) is 1. The Morgan fingerprint density at radius 1 is 1.07 bits per heavy atom. The van der Waals surface area contributed by atoms with Crippen molar-refractivity contribution >= 4 is 17.2 Å². The van der Waals surface area contributed by atoms with Crippen LogP contribution in [0.25, 0.3) is 16.9 Å². The van der Waals surface area contributed by atoms with Gasteiger partial charge in [0.1, 0.15) is 5.75 Å². The molecule has 4 rings (SSSR count). The number of carbonyl (C=O) groups is 1. The van der Waals surface area contributed by atoms with Gasteiger partial charge in [-0.1, -0.05) is 24.3 Å². The Morgan fingerprint density at radius 2 is 1.90 bits per heavy atom. The van der Waals surface area contributed by atoms with E-state index in [0.29, 0.717) is 18.5 Å². The predicted octanol–water partition coefficient (Wildman–Crippen LogP) is 3.68. The van der Waals surface area contributed by atoms with E-state index in [-0.39, 0.29) is 5.91 Å². The zero-order chi connectivity index (χ0) is 20.2. The van der Waals surface area contributed by atoms with Gasteiger partial charge in [0.2, 0.25) is 5.91 Å². The van der Waals surface area contributed by atoms with Gasteiger partial charge in [-0.15, -0.1) is 10.2 Å². The fourth-order valence-electron chi connectivity index (χ4n) is 3.08. The largest absolute Gasteiger partial charge is 0.497 e. The molecule has 0 spiro atoms. The van der Waals surface area contributed by atoms with Gasteiger partial charge in [0, 0.05) is 17.7 Å². The number of aryl methyl sites for hydroxylation is 2. The van der Waals surface area contributed by atoms with Crippen LogP contribution in [0.3, 0.4) is 0 Å². The number of fused-ring (bicyclic) bond motifs is 1. The molecule has 0 saturated heterocycles. The van der Waals surface area contributed by atoms with Gasteiger partial charge in [-0.2, -0.15) is 9.61 Å². The fraction of sp³-hybridized carbons (Fsp3) is 0.182. The quantitative estimate of drug-likeness (QED) is 0.546. The van der Waals surface area contributed by atoms with E-state index >= 15 is 0 Å². The normalized spacial score (nSPS) is 10.8. The zero-order valence-corrected chi connectivity index (χ0v) is 16.3. The van der Waals surface area contributed by atoms with Crippen LogP contribution >= 0.6 is 0 Å².